The van der Waals surface area contributed by atoms with Gasteiger partial charge in [0.05, 0.1) is 17.1 Å². The minimum atomic E-state index is -0.590. The second kappa shape index (κ2) is 9.28. The van der Waals surface area contributed by atoms with E-state index in [1.807, 2.05) is 27.7 Å². The zero-order valence-electron chi connectivity index (χ0n) is 18.4. The molecule has 2 N–H and O–H groups in total. The zero-order chi connectivity index (χ0) is 22.6. The quantitative estimate of drug-likeness (QED) is 0.574. The van der Waals surface area contributed by atoms with Crippen molar-refractivity contribution in [2.75, 3.05) is 6.54 Å². The molecule has 1 aliphatic rings. The maximum atomic E-state index is 12.8. The number of piperidine rings is 1. The Labute approximate surface area is 180 Å². The summed E-state index contributed by atoms with van der Waals surface area (Å²) in [7, 11) is 0. The fourth-order valence-electron chi connectivity index (χ4n) is 3.67. The average molecular weight is 428 g/mol. The van der Waals surface area contributed by atoms with Gasteiger partial charge in [-0.15, -0.1) is 0 Å². The summed E-state index contributed by atoms with van der Waals surface area (Å²) in [4.78, 5) is 39.1. The van der Waals surface area contributed by atoms with E-state index in [9.17, 15) is 14.4 Å². The van der Waals surface area contributed by atoms with Gasteiger partial charge in [-0.2, -0.15) is 10.2 Å². The molecule has 166 valence electrons. The lowest BCUT2D eigenvalue weighted by Crippen LogP contribution is -2.50. The largest absolute Gasteiger partial charge is 0.444 e. The predicted molar refractivity (Wildman–Crippen MR) is 118 cm³/mol. The molecule has 0 saturated carbocycles. The predicted octanol–water partition coefficient (Wildman–Crippen LogP) is 3.21. The van der Waals surface area contributed by atoms with Crippen LogP contribution in [0.5, 0.6) is 0 Å². The van der Waals surface area contributed by atoms with Crippen molar-refractivity contribution in [1.29, 1.82) is 0 Å². The number of hydrazone groups is 1. The van der Waals surface area contributed by atoms with Crippen LogP contribution in [0.1, 0.15) is 63.9 Å². The number of benzene rings is 1. The summed E-state index contributed by atoms with van der Waals surface area (Å²) in [6, 6.07) is 6.52. The number of nitrogens with one attached hydrogen (secondary N) is 2. The average Bonchev–Trinajstić information content (AvgIpc) is 2.73. The molecule has 2 aromatic rings. The number of amides is 2. The number of hydrogen-bond donors (Lipinski definition) is 2. The van der Waals surface area contributed by atoms with Crippen molar-refractivity contribution in [2.24, 2.45) is 5.10 Å². The van der Waals surface area contributed by atoms with Crippen molar-refractivity contribution in [2.45, 2.75) is 65.0 Å². The molecule has 1 unspecified atom stereocenters. The lowest BCUT2D eigenvalue weighted by atomic mass is 9.97. The molecule has 1 atom stereocenters. The number of carbonyl (C=O) groups excluding carboxylic acids is 2. The number of aromatic nitrogens is 2. The zero-order valence-corrected chi connectivity index (χ0v) is 18.4. The number of H-pyrrole nitrogens is 1. The summed E-state index contributed by atoms with van der Waals surface area (Å²) in [5.41, 5.74) is 2.37. The first-order valence-electron chi connectivity index (χ1n) is 10.5. The van der Waals surface area contributed by atoms with Crippen molar-refractivity contribution in [3.8, 4) is 0 Å². The van der Waals surface area contributed by atoms with Crippen LogP contribution in [0, 0.1) is 0 Å². The van der Waals surface area contributed by atoms with Crippen molar-refractivity contribution in [3.63, 3.8) is 0 Å². The highest BCUT2D eigenvalue weighted by Gasteiger charge is 2.33. The number of carbonyl (C=O) groups is 2. The molecule has 0 spiro atoms. The molecule has 0 bridgehead atoms. The third kappa shape index (κ3) is 5.28. The van der Waals surface area contributed by atoms with E-state index >= 15 is 0 Å². The molecule has 2 amide bonds. The van der Waals surface area contributed by atoms with Gasteiger partial charge in [0.2, 0.25) is 0 Å². The number of fused-ring (bicyclic) bond motifs is 1. The van der Waals surface area contributed by atoms with Crippen LogP contribution in [0.15, 0.2) is 34.2 Å². The van der Waals surface area contributed by atoms with Crippen molar-refractivity contribution >= 4 is 28.5 Å². The normalized spacial score (nSPS) is 17.5. The number of rotatable bonds is 4. The van der Waals surface area contributed by atoms with Crippen LogP contribution < -0.4 is 11.0 Å². The summed E-state index contributed by atoms with van der Waals surface area (Å²) >= 11 is 0. The van der Waals surface area contributed by atoms with E-state index in [-0.39, 0.29) is 23.4 Å². The van der Waals surface area contributed by atoms with E-state index in [4.69, 9.17) is 4.74 Å². The summed E-state index contributed by atoms with van der Waals surface area (Å²) in [5, 5.41) is 11.4. The molecular formula is C22H29N5O4. The topological polar surface area (TPSA) is 117 Å². The van der Waals surface area contributed by atoms with Crippen LogP contribution in [0.2, 0.25) is 0 Å². The SMILES string of the molecule is CC/C(=N\NC(=O)c1n[nH]c(=O)c2ccccc12)C1CCCCN1C(=O)OC(C)(C)C. The highest BCUT2D eigenvalue weighted by Crippen LogP contribution is 2.22. The third-order valence-corrected chi connectivity index (χ3v) is 5.09. The molecule has 0 aliphatic carbocycles. The molecule has 31 heavy (non-hydrogen) atoms. The molecule has 1 aliphatic heterocycles. The Balaban J connectivity index is 1.82. The molecule has 0 radical (unpaired) electrons. The Morgan fingerprint density at radius 3 is 2.65 bits per heavy atom. The fraction of sp³-hybridized carbons (Fsp3) is 0.500. The number of hydrogen-bond acceptors (Lipinski definition) is 6. The Morgan fingerprint density at radius 2 is 1.97 bits per heavy atom. The summed E-state index contributed by atoms with van der Waals surface area (Å²) in [6.45, 7) is 8.01. The first-order valence-corrected chi connectivity index (χ1v) is 10.5. The summed E-state index contributed by atoms with van der Waals surface area (Å²) in [5.74, 6) is -0.530. The first kappa shape index (κ1) is 22.5. The van der Waals surface area contributed by atoms with Crippen molar-refractivity contribution in [1.82, 2.24) is 20.5 Å². The molecule has 9 heteroatoms. The van der Waals surface area contributed by atoms with Crippen LogP contribution in [0.25, 0.3) is 10.8 Å². The van der Waals surface area contributed by atoms with Gasteiger partial charge in [-0.1, -0.05) is 25.1 Å². The number of nitrogens with zero attached hydrogens (tertiary/aromatic N) is 3. The molecule has 1 aromatic heterocycles. The monoisotopic (exact) mass is 427 g/mol. The second-order valence-electron chi connectivity index (χ2n) is 8.53. The van der Waals surface area contributed by atoms with Gasteiger partial charge in [0.25, 0.3) is 11.5 Å². The highest BCUT2D eigenvalue weighted by molar-refractivity contribution is 6.05. The lowest BCUT2D eigenvalue weighted by molar-refractivity contribution is 0.0165. The lowest BCUT2D eigenvalue weighted by Gasteiger charge is -2.37. The Kier molecular flexibility index (Phi) is 6.72. The van der Waals surface area contributed by atoms with Crippen LogP contribution in [-0.2, 0) is 4.74 Å². The molecule has 1 fully saturated rings. The highest BCUT2D eigenvalue weighted by atomic mass is 16.6. The minimum absolute atomic E-state index is 0.0852. The van der Waals surface area contributed by atoms with E-state index in [1.165, 1.54) is 0 Å². The standard InChI is InChI=1S/C22H29N5O4/c1-5-16(17-12-8-9-13-27(17)21(30)31-22(2,3)4)23-26-20(29)18-14-10-6-7-11-15(14)19(28)25-24-18/h6-7,10-11,17H,5,8-9,12-13H2,1-4H3,(H,25,28)(H,26,29)/b23-16+. The van der Waals surface area contributed by atoms with Crippen LogP contribution in [-0.4, -0.2) is 51.0 Å². The van der Waals surface area contributed by atoms with E-state index in [0.717, 1.165) is 19.3 Å². The van der Waals surface area contributed by atoms with Gasteiger partial charge in [0.1, 0.15) is 5.60 Å². The van der Waals surface area contributed by atoms with Crippen molar-refractivity contribution in [3.05, 3.63) is 40.3 Å². The summed E-state index contributed by atoms with van der Waals surface area (Å²) in [6.07, 6.45) is 2.79. The second-order valence-corrected chi connectivity index (χ2v) is 8.53. The van der Waals surface area contributed by atoms with Gasteiger partial charge in [-0.05, 0) is 52.5 Å². The van der Waals surface area contributed by atoms with Gasteiger partial charge < -0.3 is 4.74 Å². The van der Waals surface area contributed by atoms with Gasteiger partial charge in [0, 0.05) is 11.9 Å². The van der Waals surface area contributed by atoms with Crippen LogP contribution >= 0.6 is 0 Å². The smallest absolute Gasteiger partial charge is 0.410 e. The van der Waals surface area contributed by atoms with E-state index in [2.05, 4.69) is 20.7 Å². The fourth-order valence-corrected chi connectivity index (χ4v) is 3.67. The maximum Gasteiger partial charge on any atom is 0.410 e. The number of ether oxygens (including phenoxy) is 1. The van der Waals surface area contributed by atoms with E-state index in [0.29, 0.717) is 29.4 Å². The first-order chi connectivity index (χ1) is 14.7. The van der Waals surface area contributed by atoms with E-state index in [1.54, 1.807) is 29.2 Å². The maximum absolute atomic E-state index is 12.8. The van der Waals surface area contributed by atoms with E-state index < -0.39 is 11.5 Å². The van der Waals surface area contributed by atoms with Gasteiger partial charge >= 0.3 is 6.09 Å². The number of aromatic amines is 1. The minimum Gasteiger partial charge on any atom is -0.444 e. The van der Waals surface area contributed by atoms with Gasteiger partial charge in [-0.3, -0.25) is 14.5 Å². The summed E-state index contributed by atoms with van der Waals surface area (Å²) < 4.78 is 5.56. The van der Waals surface area contributed by atoms with Crippen molar-refractivity contribution < 1.29 is 14.3 Å². The molecule has 9 nitrogen and oxygen atoms in total. The molecule has 2 heterocycles. The molecule has 1 saturated heterocycles. The molecule has 3 rings (SSSR count). The molecular weight excluding hydrogens is 398 g/mol. The third-order valence-electron chi connectivity index (χ3n) is 5.09. The Bertz CT molecular complexity index is 1050. The Hall–Kier alpha value is -3.23. The van der Waals surface area contributed by atoms with Crippen LogP contribution in [0.3, 0.4) is 0 Å². The van der Waals surface area contributed by atoms with Crippen LogP contribution in [0.4, 0.5) is 4.79 Å². The van der Waals surface area contributed by atoms with Gasteiger partial charge in [-0.25, -0.2) is 15.3 Å². The van der Waals surface area contributed by atoms with Gasteiger partial charge in [0.15, 0.2) is 5.69 Å². The number of likely N-dealkylation sites (tertiary alicyclic amines) is 1. The molecule has 1 aromatic carbocycles. The Morgan fingerprint density at radius 1 is 1.26 bits per heavy atom.